The number of hydrogen-bond donors (Lipinski definition) is 4. The topological polar surface area (TPSA) is 137 Å². The van der Waals surface area contributed by atoms with E-state index in [2.05, 4.69) is 21.6 Å². The molecule has 3 aromatic rings. The van der Waals surface area contributed by atoms with Crippen molar-refractivity contribution in [2.45, 2.75) is 128 Å². The van der Waals surface area contributed by atoms with Crippen molar-refractivity contribution in [2.24, 2.45) is 5.92 Å². The second-order valence-electron chi connectivity index (χ2n) is 16.0. The molecular formula is C43H55N3O7. The van der Waals surface area contributed by atoms with Gasteiger partial charge in [-0.05, 0) is 92.3 Å². The first-order chi connectivity index (χ1) is 25.5. The molecule has 53 heavy (non-hydrogen) atoms. The molecule has 3 aliphatic rings. The Balaban J connectivity index is 1.25. The Morgan fingerprint density at radius 3 is 2.30 bits per heavy atom. The van der Waals surface area contributed by atoms with Crippen LogP contribution in [0.4, 0.5) is 0 Å². The Labute approximate surface area is 313 Å². The van der Waals surface area contributed by atoms with Crippen molar-refractivity contribution < 1.29 is 34.1 Å². The van der Waals surface area contributed by atoms with E-state index in [1.54, 1.807) is 0 Å². The maximum Gasteiger partial charge on any atom is 0.303 e. The number of amides is 2. The predicted molar refractivity (Wildman–Crippen MR) is 202 cm³/mol. The van der Waals surface area contributed by atoms with E-state index in [1.807, 2.05) is 87.5 Å². The highest BCUT2D eigenvalue weighted by molar-refractivity contribution is 5.82. The number of aliphatic carboxylic acids is 1. The zero-order valence-corrected chi connectivity index (χ0v) is 31.3. The molecule has 0 aromatic heterocycles. The largest absolute Gasteiger partial charge is 0.481 e. The number of ether oxygens (including phenoxy) is 2. The highest BCUT2D eigenvalue weighted by Gasteiger charge is 2.44. The number of aliphatic hydroxyl groups excluding tert-OH is 1. The van der Waals surface area contributed by atoms with E-state index in [0.717, 1.165) is 52.6 Å². The second-order valence-corrected chi connectivity index (χ2v) is 16.0. The summed E-state index contributed by atoms with van der Waals surface area (Å²) in [6, 6.07) is 24.1. The molecule has 10 nitrogen and oxygen atoms in total. The van der Waals surface area contributed by atoms with Gasteiger partial charge in [0.15, 0.2) is 6.29 Å². The summed E-state index contributed by atoms with van der Waals surface area (Å²) in [5.74, 6) is -0.616. The minimum absolute atomic E-state index is 0.0270. The molecule has 1 aliphatic carbocycles. The highest BCUT2D eigenvalue weighted by atomic mass is 16.7. The number of carboxylic acids is 1. The number of carbonyl (C=O) groups excluding carboxylic acids is 2. The quantitative estimate of drug-likeness (QED) is 0.160. The van der Waals surface area contributed by atoms with E-state index in [4.69, 9.17) is 14.6 Å². The highest BCUT2D eigenvalue weighted by Crippen LogP contribution is 2.42. The zero-order chi connectivity index (χ0) is 37.5. The summed E-state index contributed by atoms with van der Waals surface area (Å²) < 4.78 is 13.6. The van der Waals surface area contributed by atoms with Crippen LogP contribution in [0.1, 0.15) is 113 Å². The Bertz CT molecular complexity index is 1720. The van der Waals surface area contributed by atoms with E-state index < -0.39 is 12.3 Å². The van der Waals surface area contributed by atoms with Crippen LogP contribution in [0.5, 0.6) is 0 Å². The standard InChI is InChI=1S/C43H55N3O7/c1-43(2,3)45-41(51)37-19-18-30-9-4-5-13-36(30)46(37)26-35-24-38(31-16-14-28(27-47)15-17-31)53-42(52-35)34-12-7-11-33(23-34)32-10-6-8-29(22-32)25-44-39(48)20-21-40(49)50/h6-8,10-12,14-17,22-23,30,35-38,42,47H,4-5,9,13,18-21,24-27H2,1-3H3,(H,44,48)(H,45,51)(H,49,50)/t30-,35+,36-,37-,38-,42-/m1/s1. The number of rotatable bonds is 12. The molecule has 3 fully saturated rings. The molecule has 0 bridgehead atoms. The lowest BCUT2D eigenvalue weighted by atomic mass is 9.75. The number of benzene rings is 3. The Morgan fingerprint density at radius 1 is 0.830 bits per heavy atom. The fourth-order valence-electron chi connectivity index (χ4n) is 8.23. The average molecular weight is 726 g/mol. The third-order valence-electron chi connectivity index (χ3n) is 10.8. The van der Waals surface area contributed by atoms with Gasteiger partial charge in [0.2, 0.25) is 11.8 Å². The molecule has 3 aromatic carbocycles. The van der Waals surface area contributed by atoms with Gasteiger partial charge in [0.25, 0.3) is 0 Å². The smallest absolute Gasteiger partial charge is 0.303 e. The van der Waals surface area contributed by atoms with Gasteiger partial charge in [-0.15, -0.1) is 0 Å². The van der Waals surface area contributed by atoms with Crippen LogP contribution in [-0.4, -0.2) is 63.2 Å². The maximum atomic E-state index is 13.8. The van der Waals surface area contributed by atoms with Crippen molar-refractivity contribution in [3.8, 4) is 11.1 Å². The van der Waals surface area contributed by atoms with Crippen LogP contribution in [0.25, 0.3) is 11.1 Å². The third-order valence-corrected chi connectivity index (χ3v) is 10.8. The number of carboxylic acid groups (broad SMARTS) is 1. The molecule has 0 spiro atoms. The Kier molecular flexibility index (Phi) is 12.7. The summed E-state index contributed by atoms with van der Waals surface area (Å²) in [6.07, 6.45) is 5.91. The molecule has 2 heterocycles. The van der Waals surface area contributed by atoms with Crippen molar-refractivity contribution in [2.75, 3.05) is 6.54 Å². The normalized spacial score (nSPS) is 24.9. The fraction of sp³-hybridized carbons (Fsp3) is 0.512. The monoisotopic (exact) mass is 725 g/mol. The van der Waals surface area contributed by atoms with E-state index in [0.29, 0.717) is 31.5 Å². The maximum absolute atomic E-state index is 13.8. The number of carbonyl (C=O) groups is 3. The number of fused-ring (bicyclic) bond motifs is 1. The molecule has 1 saturated carbocycles. The van der Waals surface area contributed by atoms with Gasteiger partial charge in [0.05, 0.1) is 31.3 Å². The lowest BCUT2D eigenvalue weighted by molar-refractivity contribution is -0.255. The molecule has 284 valence electrons. The summed E-state index contributed by atoms with van der Waals surface area (Å²) in [6.45, 7) is 7.01. The number of nitrogens with zero attached hydrogens (tertiary/aromatic N) is 1. The van der Waals surface area contributed by atoms with Crippen LogP contribution in [0.15, 0.2) is 72.8 Å². The minimum Gasteiger partial charge on any atom is -0.481 e. The summed E-state index contributed by atoms with van der Waals surface area (Å²) in [7, 11) is 0. The third kappa shape index (κ3) is 10.3. The molecule has 0 unspecified atom stereocenters. The predicted octanol–water partition coefficient (Wildman–Crippen LogP) is 6.81. The first-order valence-corrected chi connectivity index (χ1v) is 19.2. The molecule has 4 N–H and O–H groups in total. The van der Waals surface area contributed by atoms with Gasteiger partial charge in [0.1, 0.15) is 0 Å². The van der Waals surface area contributed by atoms with Gasteiger partial charge < -0.3 is 30.3 Å². The van der Waals surface area contributed by atoms with Gasteiger partial charge in [-0.3, -0.25) is 19.3 Å². The average Bonchev–Trinajstić information content (AvgIpc) is 3.15. The number of piperidine rings is 1. The lowest BCUT2D eigenvalue weighted by Crippen LogP contribution is -2.61. The van der Waals surface area contributed by atoms with Gasteiger partial charge in [-0.2, -0.15) is 0 Å². The van der Waals surface area contributed by atoms with Crippen molar-refractivity contribution in [1.29, 1.82) is 0 Å². The van der Waals surface area contributed by atoms with Gasteiger partial charge in [0, 0.05) is 43.1 Å². The van der Waals surface area contributed by atoms with Crippen LogP contribution < -0.4 is 10.6 Å². The lowest BCUT2D eigenvalue weighted by Gasteiger charge is -2.50. The van der Waals surface area contributed by atoms with Crippen LogP contribution in [0.3, 0.4) is 0 Å². The molecule has 10 heteroatoms. The van der Waals surface area contributed by atoms with Crippen molar-refractivity contribution in [1.82, 2.24) is 15.5 Å². The Morgan fingerprint density at radius 2 is 1.57 bits per heavy atom. The first-order valence-electron chi connectivity index (χ1n) is 19.2. The van der Waals surface area contributed by atoms with E-state index in [1.165, 1.54) is 19.3 Å². The van der Waals surface area contributed by atoms with Crippen LogP contribution in [0.2, 0.25) is 0 Å². The van der Waals surface area contributed by atoms with Crippen molar-refractivity contribution in [3.05, 3.63) is 95.1 Å². The molecule has 6 atom stereocenters. The van der Waals surface area contributed by atoms with Crippen LogP contribution >= 0.6 is 0 Å². The summed E-state index contributed by atoms with van der Waals surface area (Å²) in [5.41, 5.74) is 5.27. The van der Waals surface area contributed by atoms with E-state index in [9.17, 15) is 19.5 Å². The van der Waals surface area contributed by atoms with Gasteiger partial charge in [-0.1, -0.05) is 73.5 Å². The zero-order valence-electron chi connectivity index (χ0n) is 31.3. The van der Waals surface area contributed by atoms with Crippen LogP contribution in [0, 0.1) is 5.92 Å². The number of likely N-dealkylation sites (tertiary alicyclic amines) is 1. The molecule has 2 amide bonds. The van der Waals surface area contributed by atoms with Crippen molar-refractivity contribution >= 4 is 17.8 Å². The molecule has 2 saturated heterocycles. The van der Waals surface area contributed by atoms with E-state index in [-0.39, 0.29) is 55.1 Å². The molecule has 2 aliphatic heterocycles. The SMILES string of the molecule is CC(C)(C)NC(=O)[C@H]1CC[C@H]2CCCC[C@H]2N1C[C@@H]1C[C@H](c2ccc(CO)cc2)O[C@H](c2cccc(-c3cccc(CNC(=O)CCC(=O)O)c3)c2)O1. The van der Waals surface area contributed by atoms with E-state index >= 15 is 0 Å². The Hall–Kier alpha value is -4.09. The molecule has 6 rings (SSSR count). The molecular weight excluding hydrogens is 670 g/mol. The number of nitrogens with one attached hydrogen (secondary N) is 2. The fourth-order valence-corrected chi connectivity index (χ4v) is 8.23. The van der Waals surface area contributed by atoms with Crippen molar-refractivity contribution in [3.63, 3.8) is 0 Å². The first kappa shape index (κ1) is 38.6. The summed E-state index contributed by atoms with van der Waals surface area (Å²) in [4.78, 5) is 39.3. The van der Waals surface area contributed by atoms with Gasteiger partial charge >= 0.3 is 5.97 Å². The number of aliphatic hydroxyl groups is 1. The minimum atomic E-state index is -0.998. The summed E-state index contributed by atoms with van der Waals surface area (Å²) >= 11 is 0. The second kappa shape index (κ2) is 17.4. The molecule has 0 radical (unpaired) electrons. The van der Waals surface area contributed by atoms with Crippen LogP contribution in [-0.2, 0) is 37.0 Å². The number of hydrogen-bond acceptors (Lipinski definition) is 7. The van der Waals surface area contributed by atoms with Gasteiger partial charge in [-0.25, -0.2) is 0 Å². The summed E-state index contributed by atoms with van der Waals surface area (Å²) in [5, 5.41) is 24.7.